The minimum atomic E-state index is -0.390. The number of anilines is 1. The van der Waals surface area contributed by atoms with Crippen LogP contribution in [-0.4, -0.2) is 36.1 Å². The minimum Gasteiger partial charge on any atom is -0.356 e. The molecule has 0 radical (unpaired) electrons. The number of rotatable bonds is 5. The van der Waals surface area contributed by atoms with Gasteiger partial charge in [-0.1, -0.05) is 19.9 Å². The van der Waals surface area contributed by atoms with Crippen molar-refractivity contribution in [3.05, 3.63) is 24.4 Å². The van der Waals surface area contributed by atoms with Crippen LogP contribution < -0.4 is 16.0 Å². The molecule has 21 heavy (non-hydrogen) atoms. The Morgan fingerprint density at radius 1 is 1.43 bits per heavy atom. The van der Waals surface area contributed by atoms with Gasteiger partial charge in [-0.2, -0.15) is 0 Å². The van der Waals surface area contributed by atoms with E-state index >= 15 is 0 Å². The number of pyridine rings is 1. The van der Waals surface area contributed by atoms with E-state index in [0.717, 1.165) is 38.2 Å². The number of amides is 1. The summed E-state index contributed by atoms with van der Waals surface area (Å²) < 4.78 is 0. The van der Waals surface area contributed by atoms with Gasteiger partial charge in [-0.25, -0.2) is 4.98 Å². The Morgan fingerprint density at radius 3 is 2.71 bits per heavy atom. The van der Waals surface area contributed by atoms with Gasteiger partial charge < -0.3 is 16.0 Å². The minimum absolute atomic E-state index is 0.0139. The van der Waals surface area contributed by atoms with Crippen molar-refractivity contribution in [2.24, 2.45) is 11.7 Å². The molecule has 0 aromatic carbocycles. The molecule has 1 aromatic heterocycles. The van der Waals surface area contributed by atoms with Crippen LogP contribution in [-0.2, 0) is 4.79 Å². The predicted molar refractivity (Wildman–Crippen MR) is 85.0 cm³/mol. The van der Waals surface area contributed by atoms with Gasteiger partial charge in [-0.3, -0.25) is 4.79 Å². The molecule has 2 heterocycles. The molecule has 1 amide bonds. The molecule has 0 bridgehead atoms. The number of nitrogens with one attached hydrogen (secondary N) is 1. The van der Waals surface area contributed by atoms with Crippen molar-refractivity contribution >= 4 is 11.7 Å². The fraction of sp³-hybridized carbons (Fsp3) is 0.625. The maximum Gasteiger partial charge on any atom is 0.237 e. The van der Waals surface area contributed by atoms with Crippen molar-refractivity contribution in [1.82, 2.24) is 10.3 Å². The summed E-state index contributed by atoms with van der Waals surface area (Å²) in [5, 5.41) is 3.08. The van der Waals surface area contributed by atoms with Gasteiger partial charge in [0.15, 0.2) is 0 Å². The Labute approximate surface area is 126 Å². The summed E-state index contributed by atoms with van der Waals surface area (Å²) in [6.45, 7) is 6.00. The van der Waals surface area contributed by atoms with E-state index in [0.29, 0.717) is 5.92 Å². The monoisotopic (exact) mass is 290 g/mol. The lowest BCUT2D eigenvalue weighted by Gasteiger charge is -2.33. The van der Waals surface area contributed by atoms with Crippen molar-refractivity contribution in [1.29, 1.82) is 0 Å². The molecule has 2 rings (SSSR count). The first-order valence-electron chi connectivity index (χ1n) is 7.78. The largest absolute Gasteiger partial charge is 0.356 e. The lowest BCUT2D eigenvalue weighted by Crippen LogP contribution is -2.50. The van der Waals surface area contributed by atoms with Gasteiger partial charge in [-0.15, -0.1) is 0 Å². The number of nitrogens with two attached hydrogens (primary N) is 1. The number of hydrogen-bond donors (Lipinski definition) is 2. The molecule has 0 spiro atoms. The third kappa shape index (κ3) is 4.70. The van der Waals surface area contributed by atoms with Crippen molar-refractivity contribution in [3.8, 4) is 0 Å². The second kappa shape index (κ2) is 7.41. The summed E-state index contributed by atoms with van der Waals surface area (Å²) in [6.07, 6.45) is 4.43. The highest BCUT2D eigenvalue weighted by Gasteiger charge is 2.23. The third-order valence-corrected chi connectivity index (χ3v) is 3.88. The van der Waals surface area contributed by atoms with Crippen molar-refractivity contribution in [2.45, 2.75) is 45.2 Å². The molecule has 5 heteroatoms. The number of carbonyl (C=O) groups is 1. The Kier molecular flexibility index (Phi) is 5.56. The maximum absolute atomic E-state index is 12.0. The van der Waals surface area contributed by atoms with Crippen LogP contribution in [0, 0.1) is 5.92 Å². The maximum atomic E-state index is 12.0. The molecule has 0 unspecified atom stereocenters. The summed E-state index contributed by atoms with van der Waals surface area (Å²) in [5.74, 6) is 1.44. The van der Waals surface area contributed by atoms with Gasteiger partial charge >= 0.3 is 0 Å². The zero-order valence-corrected chi connectivity index (χ0v) is 13.0. The number of piperidine rings is 1. The third-order valence-electron chi connectivity index (χ3n) is 3.88. The smallest absolute Gasteiger partial charge is 0.237 e. The van der Waals surface area contributed by atoms with E-state index in [1.807, 2.05) is 24.4 Å². The zero-order chi connectivity index (χ0) is 15.2. The van der Waals surface area contributed by atoms with Crippen LogP contribution >= 0.6 is 0 Å². The fourth-order valence-electron chi connectivity index (χ4n) is 2.72. The molecule has 1 saturated heterocycles. The van der Waals surface area contributed by atoms with Crippen LogP contribution in [0.3, 0.4) is 0 Å². The van der Waals surface area contributed by atoms with Gasteiger partial charge in [0.05, 0.1) is 6.04 Å². The number of carbonyl (C=O) groups excluding carboxylic acids is 1. The van der Waals surface area contributed by atoms with Gasteiger partial charge in [0.25, 0.3) is 0 Å². The molecular formula is C16H26N4O. The summed E-state index contributed by atoms with van der Waals surface area (Å²) in [6, 6.07) is 5.79. The topological polar surface area (TPSA) is 71.2 Å². The fourth-order valence-corrected chi connectivity index (χ4v) is 2.72. The lowest BCUT2D eigenvalue weighted by atomic mass is 10.0. The zero-order valence-electron chi connectivity index (χ0n) is 13.0. The molecule has 1 aromatic rings. The Hall–Kier alpha value is -1.62. The van der Waals surface area contributed by atoms with Crippen molar-refractivity contribution in [3.63, 3.8) is 0 Å². The molecule has 1 aliphatic rings. The van der Waals surface area contributed by atoms with Crippen LogP contribution in [0.2, 0.25) is 0 Å². The average molecular weight is 290 g/mol. The molecule has 5 nitrogen and oxygen atoms in total. The van der Waals surface area contributed by atoms with E-state index in [-0.39, 0.29) is 18.0 Å². The second-order valence-electron chi connectivity index (χ2n) is 6.19. The quantitative estimate of drug-likeness (QED) is 0.863. The first-order valence-corrected chi connectivity index (χ1v) is 7.78. The van der Waals surface area contributed by atoms with Crippen LogP contribution in [0.15, 0.2) is 24.4 Å². The van der Waals surface area contributed by atoms with Crippen LogP contribution in [0.25, 0.3) is 0 Å². The number of hydrogen-bond acceptors (Lipinski definition) is 4. The van der Waals surface area contributed by atoms with E-state index in [2.05, 4.69) is 29.0 Å². The van der Waals surface area contributed by atoms with Gasteiger partial charge in [0, 0.05) is 25.3 Å². The van der Waals surface area contributed by atoms with E-state index in [1.165, 1.54) is 0 Å². The van der Waals surface area contributed by atoms with E-state index in [9.17, 15) is 4.79 Å². The first-order chi connectivity index (χ1) is 10.1. The summed E-state index contributed by atoms with van der Waals surface area (Å²) >= 11 is 0. The molecule has 1 atom stereocenters. The van der Waals surface area contributed by atoms with Crippen LogP contribution in [0.1, 0.15) is 33.1 Å². The summed E-state index contributed by atoms with van der Waals surface area (Å²) in [7, 11) is 0. The summed E-state index contributed by atoms with van der Waals surface area (Å²) in [4.78, 5) is 18.7. The molecular weight excluding hydrogens is 264 g/mol. The lowest BCUT2D eigenvalue weighted by molar-refractivity contribution is -0.123. The standard InChI is InChI=1S/C16H26N4O/c1-12(2)11-14(17)16(21)19-13-6-9-20(10-7-13)15-5-3-4-8-18-15/h3-5,8,12-14H,6-7,9-11,17H2,1-2H3,(H,19,21)/t14-/m0/s1. The number of aromatic nitrogens is 1. The number of nitrogens with zero attached hydrogens (tertiary/aromatic N) is 2. The van der Waals surface area contributed by atoms with Crippen LogP contribution in [0.4, 0.5) is 5.82 Å². The molecule has 3 N–H and O–H groups in total. The van der Waals surface area contributed by atoms with Crippen molar-refractivity contribution < 1.29 is 4.79 Å². The molecule has 1 fully saturated rings. The molecule has 116 valence electrons. The Bertz CT molecular complexity index is 441. The normalized spacial score (nSPS) is 17.8. The van der Waals surface area contributed by atoms with Crippen molar-refractivity contribution in [2.75, 3.05) is 18.0 Å². The van der Waals surface area contributed by atoms with Gasteiger partial charge in [-0.05, 0) is 37.3 Å². The van der Waals surface area contributed by atoms with E-state index in [1.54, 1.807) is 0 Å². The van der Waals surface area contributed by atoms with Crippen LogP contribution in [0.5, 0.6) is 0 Å². The highest BCUT2D eigenvalue weighted by molar-refractivity contribution is 5.81. The highest BCUT2D eigenvalue weighted by Crippen LogP contribution is 2.17. The van der Waals surface area contributed by atoms with Gasteiger partial charge in [0.2, 0.25) is 5.91 Å². The Balaban J connectivity index is 1.78. The summed E-state index contributed by atoms with van der Waals surface area (Å²) in [5.41, 5.74) is 5.92. The molecule has 1 aliphatic heterocycles. The average Bonchev–Trinajstić information content (AvgIpc) is 2.48. The second-order valence-corrected chi connectivity index (χ2v) is 6.19. The molecule has 0 aliphatic carbocycles. The van der Waals surface area contributed by atoms with E-state index < -0.39 is 0 Å². The first kappa shape index (κ1) is 15.8. The SMILES string of the molecule is CC(C)C[C@H](N)C(=O)NC1CCN(c2ccccn2)CC1. The Morgan fingerprint density at radius 2 is 2.14 bits per heavy atom. The van der Waals surface area contributed by atoms with E-state index in [4.69, 9.17) is 5.73 Å². The predicted octanol–water partition coefficient (Wildman–Crippen LogP) is 1.54. The highest BCUT2D eigenvalue weighted by atomic mass is 16.2. The molecule has 0 saturated carbocycles. The van der Waals surface area contributed by atoms with Gasteiger partial charge in [0.1, 0.15) is 5.82 Å².